The molecule has 8 rings (SSSR count). The van der Waals surface area contributed by atoms with Gasteiger partial charge in [-0.05, 0) is 105 Å². The predicted molar refractivity (Wildman–Crippen MR) is 193 cm³/mol. The van der Waals surface area contributed by atoms with Crippen LogP contribution < -0.4 is 26.2 Å². The van der Waals surface area contributed by atoms with E-state index in [1.165, 1.54) is 24.3 Å². The minimum atomic E-state index is -0.896. The first-order valence-corrected chi connectivity index (χ1v) is 18.3. The van der Waals surface area contributed by atoms with Crippen molar-refractivity contribution < 1.29 is 32.8 Å². The summed E-state index contributed by atoms with van der Waals surface area (Å²) >= 11 is 0. The van der Waals surface area contributed by atoms with Crippen LogP contribution in [0.1, 0.15) is 87.7 Å². The van der Waals surface area contributed by atoms with E-state index in [0.29, 0.717) is 60.0 Å². The maximum Gasteiger partial charge on any atom is 0.256 e. The molecule has 0 bridgehead atoms. The second-order valence-electron chi connectivity index (χ2n) is 14.6. The molecule has 53 heavy (non-hydrogen) atoms. The topological polar surface area (TPSA) is 156 Å². The molecule has 3 aromatic rings. The summed E-state index contributed by atoms with van der Waals surface area (Å²) in [5.41, 5.74) is 6.19. The van der Waals surface area contributed by atoms with Crippen molar-refractivity contribution in [3.63, 3.8) is 0 Å². The Bertz CT molecular complexity index is 2080. The molecule has 5 aliphatic rings. The summed E-state index contributed by atoms with van der Waals surface area (Å²) in [4.78, 5) is 71.0. The van der Waals surface area contributed by atoms with Crippen LogP contribution in [-0.2, 0) is 14.4 Å². The lowest BCUT2D eigenvalue weighted by Gasteiger charge is -2.36. The Morgan fingerprint density at radius 2 is 1.74 bits per heavy atom. The zero-order valence-corrected chi connectivity index (χ0v) is 29.4. The number of imide groups is 1. The molecule has 276 valence electrons. The standard InChI is InChI=1S/C39H41F2N7O5/c1-20-32(34-24(21-3-4-21)19-27(35(34)43-20)33-26-17-22(40)5-8-29(26)44-39(33)53)38(52)42-11-2-12-47-13-15-48(16-14-47)23-6-7-28(41)25(18-23)36(50)45-30-9-10-31(49)46-37(30)51/h5-8,17-18,21,24,30,43H,2-4,9-16,19H2,1H3,(H,42,52)(H,44,53)(H,45,50)(H,46,49,51). The Labute approximate surface area is 304 Å². The molecule has 3 aliphatic heterocycles. The second kappa shape index (κ2) is 13.9. The van der Waals surface area contributed by atoms with E-state index in [-0.39, 0.29) is 36.1 Å². The number of carbonyl (C=O) groups is 5. The van der Waals surface area contributed by atoms with Gasteiger partial charge < -0.3 is 25.8 Å². The summed E-state index contributed by atoms with van der Waals surface area (Å²) < 4.78 is 28.9. The summed E-state index contributed by atoms with van der Waals surface area (Å²) in [6.45, 7) is 5.96. The molecule has 2 aromatic carbocycles. The number of anilines is 2. The zero-order chi connectivity index (χ0) is 37.0. The summed E-state index contributed by atoms with van der Waals surface area (Å²) in [6.07, 6.45) is 3.79. The van der Waals surface area contributed by atoms with E-state index in [9.17, 15) is 32.8 Å². The van der Waals surface area contributed by atoms with Crippen LogP contribution in [0.2, 0.25) is 0 Å². The van der Waals surface area contributed by atoms with Gasteiger partial charge in [0.05, 0.1) is 16.7 Å². The number of halogens is 2. The highest BCUT2D eigenvalue weighted by Crippen LogP contribution is 2.56. The van der Waals surface area contributed by atoms with Crippen molar-refractivity contribution in [1.29, 1.82) is 0 Å². The number of allylic oxidation sites excluding steroid dienone is 1. The van der Waals surface area contributed by atoms with Gasteiger partial charge in [-0.15, -0.1) is 0 Å². The molecule has 1 saturated carbocycles. The summed E-state index contributed by atoms with van der Waals surface area (Å²) in [7, 11) is 0. The first-order chi connectivity index (χ1) is 25.5. The van der Waals surface area contributed by atoms with Gasteiger partial charge in [0.25, 0.3) is 17.7 Å². The molecule has 2 atom stereocenters. The third kappa shape index (κ3) is 6.71. The van der Waals surface area contributed by atoms with E-state index in [0.717, 1.165) is 61.4 Å². The number of hydrogen-bond acceptors (Lipinski definition) is 7. The molecule has 14 heteroatoms. The van der Waals surface area contributed by atoms with Crippen LogP contribution in [0.4, 0.5) is 20.2 Å². The van der Waals surface area contributed by atoms with Crippen LogP contribution in [0.5, 0.6) is 0 Å². The number of piperazine rings is 1. The number of aryl methyl sites for hydroxylation is 1. The lowest BCUT2D eigenvalue weighted by Crippen LogP contribution is -2.52. The minimum Gasteiger partial charge on any atom is -0.369 e. The molecule has 0 spiro atoms. The SMILES string of the molecule is Cc1[nH]c2c(c1C(=O)NCCCN1CCN(c3ccc(F)c(C(=O)NC4CCC(=O)NC4=O)c3)CC1)C(C1CC1)CC2=C1C(=O)Nc2ccc(F)cc21. The van der Waals surface area contributed by atoms with Crippen molar-refractivity contribution in [2.24, 2.45) is 5.92 Å². The Hall–Kier alpha value is -5.37. The van der Waals surface area contributed by atoms with E-state index in [2.05, 4.69) is 36.1 Å². The van der Waals surface area contributed by atoms with E-state index in [4.69, 9.17) is 0 Å². The van der Waals surface area contributed by atoms with Gasteiger partial charge in [0.2, 0.25) is 11.8 Å². The highest BCUT2D eigenvalue weighted by Gasteiger charge is 2.45. The van der Waals surface area contributed by atoms with Gasteiger partial charge in [-0.2, -0.15) is 0 Å². The maximum absolute atomic E-state index is 14.7. The molecule has 4 heterocycles. The lowest BCUT2D eigenvalue weighted by atomic mass is 9.92. The Balaban J connectivity index is 0.866. The molecule has 0 radical (unpaired) electrons. The highest BCUT2D eigenvalue weighted by molar-refractivity contribution is 6.37. The fraction of sp³-hybridized carbons (Fsp3) is 0.410. The van der Waals surface area contributed by atoms with E-state index < -0.39 is 35.4 Å². The van der Waals surface area contributed by atoms with Crippen molar-refractivity contribution in [2.45, 2.75) is 57.4 Å². The van der Waals surface area contributed by atoms with E-state index >= 15 is 0 Å². The normalized spacial score (nSPS) is 22.7. The molecule has 2 aliphatic carbocycles. The average molecular weight is 726 g/mol. The molecular formula is C39H41F2N7O5. The molecule has 2 unspecified atom stereocenters. The number of piperidine rings is 1. The molecular weight excluding hydrogens is 684 g/mol. The minimum absolute atomic E-state index is 0.105. The number of nitrogens with zero attached hydrogens (tertiary/aromatic N) is 2. The van der Waals surface area contributed by atoms with Crippen molar-refractivity contribution in [1.82, 2.24) is 25.8 Å². The van der Waals surface area contributed by atoms with E-state index in [1.807, 2.05) is 6.92 Å². The van der Waals surface area contributed by atoms with Crippen LogP contribution in [0.15, 0.2) is 36.4 Å². The lowest BCUT2D eigenvalue weighted by molar-refractivity contribution is -0.134. The van der Waals surface area contributed by atoms with Gasteiger partial charge in [-0.1, -0.05) is 0 Å². The predicted octanol–water partition coefficient (Wildman–Crippen LogP) is 3.84. The van der Waals surface area contributed by atoms with Gasteiger partial charge in [0, 0.05) is 67.5 Å². The average Bonchev–Trinajstić information content (AvgIpc) is 3.74. The molecule has 5 amide bonds. The number of rotatable bonds is 9. The van der Waals surface area contributed by atoms with Gasteiger partial charge in [-0.3, -0.25) is 34.2 Å². The van der Waals surface area contributed by atoms with E-state index in [1.54, 1.807) is 12.1 Å². The fourth-order valence-electron chi connectivity index (χ4n) is 8.31. The number of nitrogens with one attached hydrogen (secondary N) is 5. The summed E-state index contributed by atoms with van der Waals surface area (Å²) in [5, 5.41) is 10.7. The number of amides is 5. The Kier molecular flexibility index (Phi) is 9.09. The van der Waals surface area contributed by atoms with Gasteiger partial charge >= 0.3 is 0 Å². The monoisotopic (exact) mass is 725 g/mol. The number of H-pyrrole nitrogens is 1. The third-order valence-electron chi connectivity index (χ3n) is 11.2. The number of aromatic amines is 1. The zero-order valence-electron chi connectivity index (χ0n) is 29.4. The van der Waals surface area contributed by atoms with Crippen molar-refractivity contribution in [2.75, 3.05) is 49.5 Å². The highest BCUT2D eigenvalue weighted by atomic mass is 19.1. The van der Waals surface area contributed by atoms with Gasteiger partial charge in [-0.25, -0.2) is 8.78 Å². The first-order valence-electron chi connectivity index (χ1n) is 18.3. The molecule has 1 aromatic heterocycles. The molecule has 3 fully saturated rings. The number of aromatic nitrogens is 1. The second-order valence-corrected chi connectivity index (χ2v) is 14.6. The van der Waals surface area contributed by atoms with Crippen molar-refractivity contribution in [3.05, 3.63) is 81.7 Å². The number of benzene rings is 2. The van der Waals surface area contributed by atoms with Gasteiger partial charge in [0.15, 0.2) is 0 Å². The van der Waals surface area contributed by atoms with Crippen LogP contribution in [0.25, 0.3) is 11.1 Å². The largest absolute Gasteiger partial charge is 0.369 e. The third-order valence-corrected chi connectivity index (χ3v) is 11.2. The van der Waals surface area contributed by atoms with Crippen LogP contribution in [0.3, 0.4) is 0 Å². The van der Waals surface area contributed by atoms with Crippen molar-refractivity contribution >= 4 is 52.1 Å². The Morgan fingerprint density at radius 3 is 2.49 bits per heavy atom. The van der Waals surface area contributed by atoms with Crippen LogP contribution in [-0.4, -0.2) is 84.7 Å². The fourth-order valence-corrected chi connectivity index (χ4v) is 8.31. The maximum atomic E-state index is 14.7. The molecule has 2 saturated heterocycles. The number of fused-ring (bicyclic) bond motifs is 2. The Morgan fingerprint density at radius 1 is 0.943 bits per heavy atom. The first kappa shape index (κ1) is 34.7. The quantitative estimate of drug-likeness (QED) is 0.128. The smallest absolute Gasteiger partial charge is 0.256 e. The summed E-state index contributed by atoms with van der Waals surface area (Å²) in [6, 6.07) is 7.81. The number of carbonyl (C=O) groups excluding carboxylic acids is 5. The van der Waals surface area contributed by atoms with Crippen molar-refractivity contribution in [3.8, 4) is 0 Å². The van der Waals surface area contributed by atoms with Crippen LogP contribution in [0, 0.1) is 24.5 Å². The molecule has 5 N–H and O–H groups in total. The molecule has 12 nitrogen and oxygen atoms in total. The summed E-state index contributed by atoms with van der Waals surface area (Å²) in [5.74, 6) is -2.62. The number of hydrogen-bond donors (Lipinski definition) is 5. The van der Waals surface area contributed by atoms with Gasteiger partial charge in [0.1, 0.15) is 17.7 Å². The van der Waals surface area contributed by atoms with Crippen LogP contribution >= 0.6 is 0 Å².